The van der Waals surface area contributed by atoms with Gasteiger partial charge in [-0.2, -0.15) is 0 Å². The maximum absolute atomic E-state index is 14.1. The van der Waals surface area contributed by atoms with Crippen LogP contribution in [0.3, 0.4) is 0 Å². The molecule has 0 atom stereocenters. The summed E-state index contributed by atoms with van der Waals surface area (Å²) in [5.41, 5.74) is 1.01. The van der Waals surface area contributed by atoms with E-state index in [0.29, 0.717) is 11.1 Å². The summed E-state index contributed by atoms with van der Waals surface area (Å²) in [7, 11) is 0. The van der Waals surface area contributed by atoms with Gasteiger partial charge in [0.05, 0.1) is 0 Å². The summed E-state index contributed by atoms with van der Waals surface area (Å²) in [4.78, 5) is 0. The molecule has 0 aromatic heterocycles. The molecule has 0 saturated heterocycles. The minimum absolute atomic E-state index is 0.160. The number of hydrogen-bond acceptors (Lipinski definition) is 1. The van der Waals surface area contributed by atoms with Crippen LogP contribution < -0.4 is 5.32 Å². The Labute approximate surface area is 126 Å². The van der Waals surface area contributed by atoms with Crippen molar-refractivity contribution in [2.75, 3.05) is 6.54 Å². The average molecular weight is 298 g/mol. The Bertz CT molecular complexity index is 439. The van der Waals surface area contributed by atoms with Crippen LogP contribution in [0, 0.1) is 11.2 Å². The van der Waals surface area contributed by atoms with E-state index in [4.69, 9.17) is 11.6 Å². The smallest absolute Gasteiger partial charge is 0.127 e. The van der Waals surface area contributed by atoms with E-state index in [0.717, 1.165) is 18.5 Å². The van der Waals surface area contributed by atoms with Gasteiger partial charge in [0.15, 0.2) is 0 Å². The second-order valence-electron chi connectivity index (χ2n) is 6.51. The summed E-state index contributed by atoms with van der Waals surface area (Å²) in [6, 6.07) is 5.56. The minimum Gasteiger partial charge on any atom is -0.314 e. The first kappa shape index (κ1) is 15.8. The fourth-order valence-electron chi connectivity index (χ4n) is 3.21. The molecule has 20 heavy (non-hydrogen) atoms. The molecule has 112 valence electrons. The topological polar surface area (TPSA) is 12.0 Å². The normalized spacial score (nSPS) is 18.4. The summed E-state index contributed by atoms with van der Waals surface area (Å²) < 4.78 is 14.1. The van der Waals surface area contributed by atoms with E-state index in [1.54, 1.807) is 6.07 Å². The highest BCUT2D eigenvalue weighted by Gasteiger charge is 2.32. The zero-order valence-corrected chi connectivity index (χ0v) is 13.3. The Morgan fingerprint density at radius 2 is 1.95 bits per heavy atom. The minimum atomic E-state index is -0.160. The van der Waals surface area contributed by atoms with Crippen LogP contribution in [-0.4, -0.2) is 12.6 Å². The van der Waals surface area contributed by atoms with E-state index < -0.39 is 0 Å². The SMILES string of the molecule is CC(C)NCC1(Cc2ccc(Cl)cc2F)CCCCC1. The number of halogens is 2. The largest absolute Gasteiger partial charge is 0.314 e. The van der Waals surface area contributed by atoms with E-state index in [-0.39, 0.29) is 11.2 Å². The van der Waals surface area contributed by atoms with Crippen LogP contribution >= 0.6 is 11.6 Å². The molecule has 0 amide bonds. The molecule has 0 heterocycles. The standard InChI is InChI=1S/C17H25ClFN/c1-13(2)20-12-17(8-4-3-5-9-17)11-14-6-7-15(18)10-16(14)19/h6-7,10,13,20H,3-5,8-9,11-12H2,1-2H3. The molecule has 0 spiro atoms. The van der Waals surface area contributed by atoms with E-state index >= 15 is 0 Å². The molecule has 1 saturated carbocycles. The lowest BCUT2D eigenvalue weighted by molar-refractivity contribution is 0.175. The molecular formula is C17H25ClFN. The fourth-order valence-corrected chi connectivity index (χ4v) is 3.37. The molecule has 1 N–H and O–H groups in total. The zero-order chi connectivity index (χ0) is 14.6. The van der Waals surface area contributed by atoms with Crippen molar-refractivity contribution in [2.24, 2.45) is 5.41 Å². The molecular weight excluding hydrogens is 273 g/mol. The highest BCUT2D eigenvalue weighted by Crippen LogP contribution is 2.39. The third-order valence-electron chi connectivity index (χ3n) is 4.38. The fraction of sp³-hybridized carbons (Fsp3) is 0.647. The van der Waals surface area contributed by atoms with Gasteiger partial charge in [-0.3, -0.25) is 0 Å². The predicted octanol–water partition coefficient (Wildman–Crippen LogP) is 4.97. The summed E-state index contributed by atoms with van der Waals surface area (Å²) >= 11 is 5.84. The summed E-state index contributed by atoms with van der Waals surface area (Å²) in [6.07, 6.45) is 7.02. The quantitative estimate of drug-likeness (QED) is 0.809. The van der Waals surface area contributed by atoms with Crippen LogP contribution in [0.5, 0.6) is 0 Å². The van der Waals surface area contributed by atoms with Crippen molar-refractivity contribution in [1.82, 2.24) is 5.32 Å². The Morgan fingerprint density at radius 3 is 2.55 bits per heavy atom. The monoisotopic (exact) mass is 297 g/mol. The Kier molecular flexibility index (Phi) is 5.45. The van der Waals surface area contributed by atoms with Gasteiger partial charge < -0.3 is 5.32 Å². The molecule has 1 aromatic rings. The second-order valence-corrected chi connectivity index (χ2v) is 6.95. The Hall–Kier alpha value is -0.600. The van der Waals surface area contributed by atoms with E-state index in [1.807, 2.05) is 6.07 Å². The molecule has 1 aliphatic carbocycles. The van der Waals surface area contributed by atoms with Gasteiger partial charge in [0.1, 0.15) is 5.82 Å². The summed E-state index contributed by atoms with van der Waals surface area (Å²) in [6.45, 7) is 5.31. The van der Waals surface area contributed by atoms with Gasteiger partial charge in [0, 0.05) is 17.6 Å². The van der Waals surface area contributed by atoms with Crippen LogP contribution in [0.2, 0.25) is 5.02 Å². The molecule has 0 aliphatic heterocycles. The van der Waals surface area contributed by atoms with Gasteiger partial charge in [-0.25, -0.2) is 4.39 Å². The van der Waals surface area contributed by atoms with Crippen LogP contribution in [-0.2, 0) is 6.42 Å². The van der Waals surface area contributed by atoms with Crippen LogP contribution in [0.4, 0.5) is 4.39 Å². The van der Waals surface area contributed by atoms with Crippen LogP contribution in [0.15, 0.2) is 18.2 Å². The van der Waals surface area contributed by atoms with Crippen molar-refractivity contribution in [3.05, 3.63) is 34.6 Å². The van der Waals surface area contributed by atoms with Gasteiger partial charge in [0.2, 0.25) is 0 Å². The first-order chi connectivity index (χ1) is 9.51. The van der Waals surface area contributed by atoms with Crippen LogP contribution in [0.1, 0.15) is 51.5 Å². The highest BCUT2D eigenvalue weighted by atomic mass is 35.5. The first-order valence-electron chi connectivity index (χ1n) is 7.68. The Morgan fingerprint density at radius 1 is 1.25 bits per heavy atom. The van der Waals surface area contributed by atoms with Crippen molar-refractivity contribution >= 4 is 11.6 Å². The van der Waals surface area contributed by atoms with Gasteiger partial charge in [0.25, 0.3) is 0 Å². The van der Waals surface area contributed by atoms with Gasteiger partial charge in [-0.15, -0.1) is 0 Å². The Balaban J connectivity index is 2.14. The van der Waals surface area contributed by atoms with Crippen molar-refractivity contribution in [3.8, 4) is 0 Å². The van der Waals surface area contributed by atoms with Gasteiger partial charge in [-0.05, 0) is 42.4 Å². The summed E-state index contributed by atoms with van der Waals surface area (Å²) in [5, 5.41) is 4.03. The van der Waals surface area contributed by atoms with Gasteiger partial charge in [-0.1, -0.05) is 50.8 Å². The lowest BCUT2D eigenvalue weighted by Crippen LogP contribution is -2.40. The predicted molar refractivity (Wildman–Crippen MR) is 83.8 cm³/mol. The summed E-state index contributed by atoms with van der Waals surface area (Å²) in [5.74, 6) is -0.160. The molecule has 1 aromatic carbocycles. The van der Waals surface area contributed by atoms with Crippen molar-refractivity contribution in [3.63, 3.8) is 0 Å². The molecule has 0 radical (unpaired) electrons. The third-order valence-corrected chi connectivity index (χ3v) is 4.62. The lowest BCUT2D eigenvalue weighted by atomic mass is 9.70. The zero-order valence-electron chi connectivity index (χ0n) is 12.5. The first-order valence-corrected chi connectivity index (χ1v) is 8.06. The molecule has 2 rings (SSSR count). The number of nitrogens with one attached hydrogen (secondary N) is 1. The van der Waals surface area contributed by atoms with Crippen molar-refractivity contribution in [2.45, 2.75) is 58.4 Å². The average Bonchev–Trinajstić information content (AvgIpc) is 2.41. The molecule has 1 fully saturated rings. The number of hydrogen-bond donors (Lipinski definition) is 1. The van der Waals surface area contributed by atoms with Gasteiger partial charge >= 0.3 is 0 Å². The lowest BCUT2D eigenvalue weighted by Gasteiger charge is -2.38. The van der Waals surface area contributed by atoms with E-state index in [1.165, 1.54) is 38.2 Å². The number of benzene rings is 1. The van der Waals surface area contributed by atoms with Crippen molar-refractivity contribution in [1.29, 1.82) is 0 Å². The maximum Gasteiger partial charge on any atom is 0.127 e. The molecule has 0 unspecified atom stereocenters. The maximum atomic E-state index is 14.1. The van der Waals surface area contributed by atoms with Crippen LogP contribution in [0.25, 0.3) is 0 Å². The van der Waals surface area contributed by atoms with Crippen molar-refractivity contribution < 1.29 is 4.39 Å². The molecule has 0 bridgehead atoms. The van der Waals surface area contributed by atoms with E-state index in [2.05, 4.69) is 19.2 Å². The molecule has 1 aliphatic rings. The molecule has 3 heteroatoms. The second kappa shape index (κ2) is 6.91. The van der Waals surface area contributed by atoms with E-state index in [9.17, 15) is 4.39 Å². The highest BCUT2D eigenvalue weighted by molar-refractivity contribution is 6.30. The molecule has 1 nitrogen and oxygen atoms in total. The third kappa shape index (κ3) is 4.20. The number of rotatable bonds is 5.